The maximum absolute atomic E-state index is 14.5. The van der Waals surface area contributed by atoms with E-state index in [4.69, 9.17) is 33.3 Å². The van der Waals surface area contributed by atoms with E-state index in [0.29, 0.717) is 32.8 Å². The number of carbonyl (C=O) groups is 3. The minimum Gasteiger partial charge on any atom is -0.481 e. The highest BCUT2D eigenvalue weighted by Gasteiger charge is 2.52. The first-order valence-corrected chi connectivity index (χ1v) is 15.9. The zero-order valence-electron chi connectivity index (χ0n) is 25.9. The first kappa shape index (κ1) is 33.0. The molecule has 2 atom stereocenters. The predicted molar refractivity (Wildman–Crippen MR) is 172 cm³/mol. The third-order valence-corrected chi connectivity index (χ3v) is 9.33. The lowest BCUT2D eigenvalue weighted by atomic mass is 9.69. The third-order valence-electron chi connectivity index (χ3n) is 8.89. The Bertz CT molecular complexity index is 1370. The van der Waals surface area contributed by atoms with Crippen LogP contribution in [0.4, 0.5) is 0 Å². The molecule has 1 saturated carbocycles. The first-order chi connectivity index (χ1) is 20.1. The van der Waals surface area contributed by atoms with Crippen LogP contribution in [0.25, 0.3) is 0 Å². The molecule has 2 aromatic rings. The minimum atomic E-state index is -0.963. The van der Waals surface area contributed by atoms with E-state index in [1.807, 2.05) is 17.0 Å². The third kappa shape index (κ3) is 7.43. The quantitative estimate of drug-likeness (QED) is 0.296. The molecule has 7 nitrogen and oxygen atoms in total. The SMILES string of the molecule is CC(C)CC(c1ccc(C(=O)NCC(C)C(=O)O)cc1)N1C(=O)C(c2cc(Cl)cc(Cl)c2)=NC12CCC(C(C)(C)C)CC2. The van der Waals surface area contributed by atoms with Crippen molar-refractivity contribution in [3.05, 3.63) is 69.2 Å². The van der Waals surface area contributed by atoms with E-state index in [0.717, 1.165) is 37.7 Å². The predicted octanol–water partition coefficient (Wildman–Crippen LogP) is 7.80. The van der Waals surface area contributed by atoms with Crippen molar-refractivity contribution in [2.24, 2.45) is 28.2 Å². The molecule has 0 radical (unpaired) electrons. The van der Waals surface area contributed by atoms with Gasteiger partial charge in [-0.05, 0) is 85.3 Å². The number of amides is 2. The van der Waals surface area contributed by atoms with Gasteiger partial charge < -0.3 is 15.3 Å². The monoisotopic (exact) mass is 627 g/mol. The Balaban J connectivity index is 1.71. The molecule has 4 rings (SSSR count). The average Bonchev–Trinajstić information content (AvgIpc) is 3.20. The van der Waals surface area contributed by atoms with E-state index in [9.17, 15) is 14.4 Å². The Hall–Kier alpha value is -2.90. The van der Waals surface area contributed by atoms with Crippen molar-refractivity contribution in [1.82, 2.24) is 10.2 Å². The number of carboxylic acid groups (broad SMARTS) is 1. The molecular weight excluding hydrogens is 585 g/mol. The zero-order chi connectivity index (χ0) is 31.7. The summed E-state index contributed by atoms with van der Waals surface area (Å²) < 4.78 is 0. The highest BCUT2D eigenvalue weighted by Crippen LogP contribution is 2.50. The number of halogens is 2. The van der Waals surface area contributed by atoms with Gasteiger partial charge in [-0.1, -0.05) is 76.9 Å². The van der Waals surface area contributed by atoms with Crippen molar-refractivity contribution < 1.29 is 19.5 Å². The van der Waals surface area contributed by atoms with E-state index in [1.165, 1.54) is 0 Å². The number of nitrogens with one attached hydrogen (secondary N) is 1. The molecule has 1 heterocycles. The van der Waals surface area contributed by atoms with Crippen LogP contribution in [-0.4, -0.2) is 45.7 Å². The van der Waals surface area contributed by atoms with Crippen molar-refractivity contribution in [1.29, 1.82) is 0 Å². The minimum absolute atomic E-state index is 0.0416. The fourth-order valence-electron chi connectivity index (χ4n) is 6.35. The van der Waals surface area contributed by atoms with Gasteiger partial charge in [-0.25, -0.2) is 0 Å². The number of hydrogen-bond donors (Lipinski definition) is 2. The van der Waals surface area contributed by atoms with Crippen LogP contribution in [0.5, 0.6) is 0 Å². The second-order valence-corrected chi connectivity index (χ2v) is 14.5. The van der Waals surface area contributed by atoms with Crippen molar-refractivity contribution >= 4 is 46.7 Å². The summed E-state index contributed by atoms with van der Waals surface area (Å²) in [6.45, 7) is 12.7. The normalized spacial score (nSPS) is 22.1. The van der Waals surface area contributed by atoms with Crippen molar-refractivity contribution in [2.45, 2.75) is 85.4 Å². The molecule has 1 spiro atoms. The van der Waals surface area contributed by atoms with Gasteiger partial charge in [0.1, 0.15) is 11.4 Å². The van der Waals surface area contributed by atoms with Crippen LogP contribution in [0.1, 0.15) is 101 Å². The number of aliphatic carboxylic acids is 1. The lowest BCUT2D eigenvalue weighted by molar-refractivity contribution is -0.141. The standard InChI is InChI=1S/C34H43Cl2N3O4/c1-20(2)15-28(22-7-9-23(10-8-22)30(40)37-19-21(3)32(42)43)39-31(41)29(24-16-26(35)18-27(36)17-24)38-34(39)13-11-25(12-14-34)33(4,5)6/h7-10,16-18,20-21,25,28H,11-15,19H2,1-6H3,(H,37,40)(H,42,43). The largest absolute Gasteiger partial charge is 0.481 e. The highest BCUT2D eigenvalue weighted by molar-refractivity contribution is 6.47. The molecule has 0 aromatic heterocycles. The van der Waals surface area contributed by atoms with Crippen LogP contribution < -0.4 is 5.32 Å². The second kappa shape index (κ2) is 13.0. The summed E-state index contributed by atoms with van der Waals surface area (Å²) in [5.41, 5.74) is 1.84. The van der Waals surface area contributed by atoms with Crippen LogP contribution in [0.3, 0.4) is 0 Å². The number of rotatable bonds is 9. The van der Waals surface area contributed by atoms with Crippen molar-refractivity contribution in [3.8, 4) is 0 Å². The number of hydrogen-bond acceptors (Lipinski definition) is 4. The molecule has 2 unspecified atom stereocenters. The van der Waals surface area contributed by atoms with E-state index in [1.54, 1.807) is 37.3 Å². The number of benzene rings is 2. The summed E-state index contributed by atoms with van der Waals surface area (Å²) in [6, 6.07) is 12.2. The van der Waals surface area contributed by atoms with Gasteiger partial charge in [-0.3, -0.25) is 19.4 Å². The summed E-state index contributed by atoms with van der Waals surface area (Å²) in [5, 5.41) is 12.7. The fraction of sp³-hybridized carbons (Fsp3) is 0.529. The van der Waals surface area contributed by atoms with Crippen molar-refractivity contribution in [3.63, 3.8) is 0 Å². The highest BCUT2D eigenvalue weighted by atomic mass is 35.5. The van der Waals surface area contributed by atoms with Crippen molar-refractivity contribution in [2.75, 3.05) is 6.54 Å². The summed E-state index contributed by atoms with van der Waals surface area (Å²) in [6.07, 6.45) is 4.16. The Labute approximate surface area is 265 Å². The Morgan fingerprint density at radius 1 is 1.05 bits per heavy atom. The Kier molecular flexibility index (Phi) is 9.97. The molecule has 9 heteroatoms. The fourth-order valence-corrected chi connectivity index (χ4v) is 6.88. The van der Waals surface area contributed by atoms with Crippen LogP contribution in [0.15, 0.2) is 47.5 Å². The molecule has 232 valence electrons. The first-order valence-electron chi connectivity index (χ1n) is 15.1. The average molecular weight is 629 g/mol. The number of aliphatic imine (C=N–C) groups is 1. The maximum Gasteiger partial charge on any atom is 0.308 e. The second-order valence-electron chi connectivity index (χ2n) is 13.6. The summed E-state index contributed by atoms with van der Waals surface area (Å²) in [7, 11) is 0. The summed E-state index contributed by atoms with van der Waals surface area (Å²) in [4.78, 5) is 45.6. The van der Waals surface area contributed by atoms with Gasteiger partial charge in [0.2, 0.25) is 0 Å². The van der Waals surface area contributed by atoms with Gasteiger partial charge in [0.25, 0.3) is 11.8 Å². The molecule has 1 fully saturated rings. The van der Waals surface area contributed by atoms with E-state index < -0.39 is 17.6 Å². The van der Waals surface area contributed by atoms with Gasteiger partial charge in [-0.15, -0.1) is 0 Å². The molecular formula is C34H43Cl2N3O4. The molecule has 43 heavy (non-hydrogen) atoms. The molecule has 2 aliphatic rings. The smallest absolute Gasteiger partial charge is 0.308 e. The van der Waals surface area contributed by atoms with E-state index in [-0.39, 0.29) is 35.7 Å². The van der Waals surface area contributed by atoms with Gasteiger partial charge >= 0.3 is 5.97 Å². The lowest BCUT2D eigenvalue weighted by Gasteiger charge is -2.47. The molecule has 0 saturated heterocycles. The lowest BCUT2D eigenvalue weighted by Crippen LogP contribution is -2.51. The Morgan fingerprint density at radius 3 is 2.14 bits per heavy atom. The van der Waals surface area contributed by atoms with E-state index >= 15 is 0 Å². The van der Waals surface area contributed by atoms with Gasteiger partial charge in [0.15, 0.2) is 0 Å². The molecule has 0 bridgehead atoms. The Morgan fingerprint density at radius 2 is 1.63 bits per heavy atom. The topological polar surface area (TPSA) is 99.1 Å². The molecule has 2 N–H and O–H groups in total. The molecule has 2 amide bonds. The van der Waals surface area contributed by atoms with Gasteiger partial charge in [0, 0.05) is 27.7 Å². The molecule has 2 aromatic carbocycles. The van der Waals surface area contributed by atoms with Crippen LogP contribution in [0, 0.1) is 23.2 Å². The van der Waals surface area contributed by atoms with Gasteiger partial charge in [0.05, 0.1) is 12.0 Å². The summed E-state index contributed by atoms with van der Waals surface area (Å²) >= 11 is 12.7. The summed E-state index contributed by atoms with van der Waals surface area (Å²) in [5.74, 6) is -1.31. The maximum atomic E-state index is 14.5. The number of carbonyl (C=O) groups excluding carboxylic acids is 2. The van der Waals surface area contributed by atoms with Crippen LogP contribution >= 0.6 is 23.2 Å². The van der Waals surface area contributed by atoms with Gasteiger partial charge in [-0.2, -0.15) is 0 Å². The van der Waals surface area contributed by atoms with E-state index in [2.05, 4.69) is 39.9 Å². The number of carboxylic acids is 1. The van der Waals surface area contributed by atoms with Crippen LogP contribution in [-0.2, 0) is 9.59 Å². The van der Waals surface area contributed by atoms with Crippen LogP contribution in [0.2, 0.25) is 10.0 Å². The molecule has 1 aliphatic heterocycles. The molecule has 1 aliphatic carbocycles. The number of nitrogens with zero attached hydrogens (tertiary/aromatic N) is 2. The zero-order valence-corrected chi connectivity index (χ0v) is 27.4.